The Bertz CT molecular complexity index is 844. The van der Waals surface area contributed by atoms with E-state index in [9.17, 15) is 20.4 Å². The van der Waals surface area contributed by atoms with Gasteiger partial charge in [-0.05, 0) is 55.7 Å². The number of halogens is 1. The van der Waals surface area contributed by atoms with E-state index in [0.29, 0.717) is 23.6 Å². The third-order valence-electron chi connectivity index (χ3n) is 5.09. The molecule has 0 saturated carbocycles. The molecule has 1 fully saturated rings. The topological polar surface area (TPSA) is 109 Å². The van der Waals surface area contributed by atoms with Gasteiger partial charge < -0.3 is 34.6 Å². The zero-order chi connectivity index (χ0) is 21.9. The summed E-state index contributed by atoms with van der Waals surface area (Å²) in [5.74, 6) is -1.08. The Morgan fingerprint density at radius 1 is 0.967 bits per heavy atom. The van der Waals surface area contributed by atoms with Crippen LogP contribution in [0.5, 0.6) is 5.75 Å². The third-order valence-corrected chi connectivity index (χ3v) is 5.46. The second-order valence-corrected chi connectivity index (χ2v) is 7.50. The van der Waals surface area contributed by atoms with Crippen LogP contribution in [-0.4, -0.2) is 58.2 Å². The zero-order valence-corrected chi connectivity index (χ0v) is 17.6. The molecule has 30 heavy (non-hydrogen) atoms. The molecular weight excluding hydrogens is 412 g/mol. The molecule has 1 heterocycles. The van der Waals surface area contributed by atoms with E-state index < -0.39 is 30.4 Å². The molecule has 0 bridgehead atoms. The summed E-state index contributed by atoms with van der Waals surface area (Å²) in [6, 6.07) is 12.6. The van der Waals surface area contributed by atoms with Crippen LogP contribution in [0, 0.1) is 0 Å². The first kappa shape index (κ1) is 23.0. The van der Waals surface area contributed by atoms with Crippen LogP contribution in [0.25, 0.3) is 0 Å². The first-order valence-electron chi connectivity index (χ1n) is 9.87. The minimum atomic E-state index is -1.86. The summed E-state index contributed by atoms with van der Waals surface area (Å²) in [7, 11) is 0. The van der Waals surface area contributed by atoms with Crippen molar-refractivity contribution < 1.29 is 34.6 Å². The normalized spacial score (nSPS) is 29.0. The van der Waals surface area contributed by atoms with Gasteiger partial charge in [0.15, 0.2) is 6.29 Å². The molecule has 1 aliphatic heterocycles. The molecule has 2 aromatic carbocycles. The SMILES string of the molecule is CCOc1ccc(Cc2cc([C@]3(OCC)O[C@@H](O)[C@@H](O)[C@H](O)[C@H]3O)ccc2Cl)cc1. The van der Waals surface area contributed by atoms with Gasteiger partial charge in [0, 0.05) is 17.2 Å². The van der Waals surface area contributed by atoms with E-state index in [1.54, 1.807) is 25.1 Å². The van der Waals surface area contributed by atoms with Gasteiger partial charge in [0.1, 0.15) is 24.1 Å². The van der Waals surface area contributed by atoms with Crippen LogP contribution in [0.3, 0.4) is 0 Å². The molecule has 1 saturated heterocycles. The Kier molecular flexibility index (Phi) is 7.36. The lowest BCUT2D eigenvalue weighted by molar-refractivity contribution is -0.403. The highest BCUT2D eigenvalue weighted by atomic mass is 35.5. The molecule has 3 rings (SSSR count). The van der Waals surface area contributed by atoms with Crippen LogP contribution >= 0.6 is 11.6 Å². The Balaban J connectivity index is 1.95. The van der Waals surface area contributed by atoms with Crippen LogP contribution in [0.15, 0.2) is 42.5 Å². The van der Waals surface area contributed by atoms with E-state index in [1.807, 2.05) is 31.2 Å². The van der Waals surface area contributed by atoms with E-state index >= 15 is 0 Å². The molecule has 5 atom stereocenters. The lowest BCUT2D eigenvalue weighted by atomic mass is 9.88. The summed E-state index contributed by atoms with van der Waals surface area (Å²) in [4.78, 5) is 0. The maximum Gasteiger partial charge on any atom is 0.226 e. The van der Waals surface area contributed by atoms with Crippen molar-refractivity contribution in [2.24, 2.45) is 0 Å². The molecular formula is C22H27ClO7. The molecule has 0 aliphatic carbocycles. The molecule has 7 nitrogen and oxygen atoms in total. The summed E-state index contributed by atoms with van der Waals surface area (Å²) in [5.41, 5.74) is 2.10. The van der Waals surface area contributed by atoms with Crippen molar-refractivity contribution in [3.05, 3.63) is 64.2 Å². The Labute approximate surface area is 180 Å². The van der Waals surface area contributed by atoms with Crippen molar-refractivity contribution in [3.63, 3.8) is 0 Å². The van der Waals surface area contributed by atoms with Crippen molar-refractivity contribution in [2.75, 3.05) is 13.2 Å². The number of aliphatic hydroxyl groups excluding tert-OH is 4. The molecule has 1 aliphatic rings. The Morgan fingerprint density at radius 3 is 2.30 bits per heavy atom. The van der Waals surface area contributed by atoms with Gasteiger partial charge in [-0.3, -0.25) is 0 Å². The van der Waals surface area contributed by atoms with Crippen molar-refractivity contribution in [3.8, 4) is 5.75 Å². The second-order valence-electron chi connectivity index (χ2n) is 7.09. The van der Waals surface area contributed by atoms with Crippen molar-refractivity contribution in [1.82, 2.24) is 0 Å². The largest absolute Gasteiger partial charge is 0.494 e. The number of aliphatic hydroxyl groups is 4. The average molecular weight is 439 g/mol. The third kappa shape index (κ3) is 4.48. The molecule has 8 heteroatoms. The number of hydrogen-bond acceptors (Lipinski definition) is 7. The van der Waals surface area contributed by atoms with Crippen LogP contribution in [0.1, 0.15) is 30.5 Å². The Morgan fingerprint density at radius 2 is 1.67 bits per heavy atom. The molecule has 0 radical (unpaired) electrons. The number of rotatable bonds is 7. The smallest absolute Gasteiger partial charge is 0.226 e. The van der Waals surface area contributed by atoms with Gasteiger partial charge in [-0.2, -0.15) is 0 Å². The highest BCUT2D eigenvalue weighted by Gasteiger charge is 2.55. The fraction of sp³-hybridized carbons (Fsp3) is 0.455. The van der Waals surface area contributed by atoms with Crippen molar-refractivity contribution in [2.45, 2.75) is 50.7 Å². The van der Waals surface area contributed by atoms with Gasteiger partial charge in [-0.15, -0.1) is 0 Å². The second kappa shape index (κ2) is 9.62. The average Bonchev–Trinajstić information content (AvgIpc) is 2.73. The van der Waals surface area contributed by atoms with Gasteiger partial charge in [-0.1, -0.05) is 29.8 Å². The van der Waals surface area contributed by atoms with E-state index in [4.69, 9.17) is 25.8 Å². The molecule has 0 spiro atoms. The number of hydrogen-bond donors (Lipinski definition) is 4. The van der Waals surface area contributed by atoms with E-state index in [2.05, 4.69) is 0 Å². The standard InChI is InChI=1S/C22H27ClO7/c1-3-28-16-8-5-13(6-9-16)11-14-12-15(7-10-17(14)23)22(29-4-2)20(26)18(24)19(25)21(27)30-22/h5-10,12,18-21,24-27H,3-4,11H2,1-2H3/t18-,19-,20+,21+,22-/m0/s1. The van der Waals surface area contributed by atoms with Crippen LogP contribution in [0.2, 0.25) is 5.02 Å². The summed E-state index contributed by atoms with van der Waals surface area (Å²) in [5, 5.41) is 41.3. The highest BCUT2D eigenvalue weighted by molar-refractivity contribution is 6.31. The van der Waals surface area contributed by atoms with Crippen molar-refractivity contribution in [1.29, 1.82) is 0 Å². The number of benzene rings is 2. The van der Waals surface area contributed by atoms with Crippen LogP contribution in [-0.2, 0) is 21.7 Å². The van der Waals surface area contributed by atoms with E-state index in [-0.39, 0.29) is 6.61 Å². The predicted molar refractivity (Wildman–Crippen MR) is 110 cm³/mol. The first-order valence-corrected chi connectivity index (χ1v) is 10.2. The van der Waals surface area contributed by atoms with Crippen molar-refractivity contribution >= 4 is 11.6 Å². The fourth-order valence-corrected chi connectivity index (χ4v) is 3.76. The minimum Gasteiger partial charge on any atom is -0.494 e. The monoisotopic (exact) mass is 438 g/mol. The molecule has 0 amide bonds. The first-order chi connectivity index (χ1) is 14.3. The van der Waals surface area contributed by atoms with Crippen LogP contribution < -0.4 is 4.74 Å². The van der Waals surface area contributed by atoms with Gasteiger partial charge in [0.05, 0.1) is 6.61 Å². The minimum absolute atomic E-state index is 0.128. The highest BCUT2D eigenvalue weighted by Crippen LogP contribution is 2.40. The Hall–Kier alpha value is -1.71. The number of ether oxygens (including phenoxy) is 3. The predicted octanol–water partition coefficient (Wildman–Crippen LogP) is 1.95. The molecule has 164 valence electrons. The van der Waals surface area contributed by atoms with Gasteiger partial charge in [-0.25, -0.2) is 0 Å². The molecule has 2 aromatic rings. The quantitative estimate of drug-likeness (QED) is 0.523. The molecule has 0 aromatic heterocycles. The fourth-order valence-electron chi connectivity index (χ4n) is 3.57. The zero-order valence-electron chi connectivity index (χ0n) is 16.9. The molecule has 0 unspecified atom stereocenters. The van der Waals surface area contributed by atoms with E-state index in [1.165, 1.54) is 0 Å². The summed E-state index contributed by atoms with van der Waals surface area (Å²) < 4.78 is 16.6. The maximum atomic E-state index is 10.7. The summed E-state index contributed by atoms with van der Waals surface area (Å²) in [6.45, 7) is 4.32. The van der Waals surface area contributed by atoms with E-state index in [0.717, 1.165) is 16.9 Å². The van der Waals surface area contributed by atoms with Gasteiger partial charge in [0.25, 0.3) is 0 Å². The van der Waals surface area contributed by atoms with Gasteiger partial charge in [0.2, 0.25) is 5.79 Å². The van der Waals surface area contributed by atoms with Crippen LogP contribution in [0.4, 0.5) is 0 Å². The van der Waals surface area contributed by atoms with Gasteiger partial charge >= 0.3 is 0 Å². The summed E-state index contributed by atoms with van der Waals surface area (Å²) in [6.07, 6.45) is -6.20. The lowest BCUT2D eigenvalue weighted by Crippen LogP contribution is -2.63. The summed E-state index contributed by atoms with van der Waals surface area (Å²) >= 11 is 6.40. The lowest BCUT2D eigenvalue weighted by Gasteiger charge is -2.47. The maximum absolute atomic E-state index is 10.7. The molecule has 4 N–H and O–H groups in total.